The first-order valence-corrected chi connectivity index (χ1v) is 6.66. The fraction of sp³-hybridized carbons (Fsp3) is 0.571. The summed E-state index contributed by atoms with van der Waals surface area (Å²) >= 11 is 0. The van der Waals surface area contributed by atoms with Crippen molar-refractivity contribution in [2.24, 2.45) is 0 Å². The van der Waals surface area contributed by atoms with Crippen LogP contribution < -0.4 is 15.9 Å². The summed E-state index contributed by atoms with van der Waals surface area (Å²) in [6.45, 7) is 4.38. The van der Waals surface area contributed by atoms with Gasteiger partial charge in [0.05, 0.1) is 12.8 Å². The second-order valence-electron chi connectivity index (χ2n) is 4.86. The summed E-state index contributed by atoms with van der Waals surface area (Å²) in [5, 5.41) is 2.30. The molecule has 2 rings (SSSR count). The summed E-state index contributed by atoms with van der Waals surface area (Å²) in [6, 6.07) is 6.14. The molecular weight excluding hydrogens is 226 g/mol. The third kappa shape index (κ3) is 2.94. The lowest BCUT2D eigenvalue weighted by atomic mass is 10.1. The first-order chi connectivity index (χ1) is 8.72. The van der Waals surface area contributed by atoms with Crippen molar-refractivity contribution in [1.29, 1.82) is 0 Å². The minimum Gasteiger partial charge on any atom is -0.495 e. The van der Waals surface area contributed by atoms with Gasteiger partial charge in [0.25, 0.3) is 0 Å². The molecule has 1 unspecified atom stereocenters. The van der Waals surface area contributed by atoms with Crippen LogP contribution >= 0.6 is 0 Å². The molecule has 100 valence electrons. The van der Waals surface area contributed by atoms with E-state index in [2.05, 4.69) is 23.4 Å². The third-order valence-electron chi connectivity index (χ3n) is 3.52. The average Bonchev–Trinajstić information content (AvgIpc) is 2.40. The molecule has 0 radical (unpaired) electrons. The number of hydrazine groups is 1. The molecule has 1 aromatic rings. The number of anilines is 1. The van der Waals surface area contributed by atoms with Gasteiger partial charge in [-0.3, -0.25) is 0 Å². The first-order valence-electron chi connectivity index (χ1n) is 6.66. The topological polar surface area (TPSA) is 50.5 Å². The lowest BCUT2D eigenvalue weighted by molar-refractivity contribution is 0.133. The lowest BCUT2D eigenvalue weighted by Crippen LogP contribution is -2.43. The summed E-state index contributed by atoms with van der Waals surface area (Å²) < 4.78 is 5.26. The SMILES string of the molecule is COc1cccc(C(C)NN2CCCCC2)c1N. The van der Waals surface area contributed by atoms with Gasteiger partial charge in [-0.1, -0.05) is 18.6 Å². The molecule has 0 amide bonds. The standard InChI is InChI=1S/C14H23N3O/c1-11(16-17-9-4-3-5-10-17)12-7-6-8-13(18-2)14(12)15/h6-8,11,16H,3-5,9-10,15H2,1-2H3. The molecule has 1 aliphatic heterocycles. The number of nitrogens with zero attached hydrogens (tertiary/aromatic N) is 1. The number of methoxy groups -OCH3 is 1. The van der Waals surface area contributed by atoms with E-state index >= 15 is 0 Å². The summed E-state index contributed by atoms with van der Waals surface area (Å²) in [6.07, 6.45) is 3.88. The largest absolute Gasteiger partial charge is 0.495 e. The van der Waals surface area contributed by atoms with Crippen LogP contribution in [-0.2, 0) is 0 Å². The van der Waals surface area contributed by atoms with Crippen LogP contribution in [0.25, 0.3) is 0 Å². The number of rotatable bonds is 4. The highest BCUT2D eigenvalue weighted by Gasteiger charge is 2.16. The highest BCUT2D eigenvalue weighted by atomic mass is 16.5. The molecule has 1 saturated heterocycles. The van der Waals surface area contributed by atoms with Crippen molar-refractivity contribution in [3.8, 4) is 5.75 Å². The maximum absolute atomic E-state index is 6.12. The maximum atomic E-state index is 6.12. The van der Waals surface area contributed by atoms with Crippen LogP contribution in [0.5, 0.6) is 5.75 Å². The number of hydrogen-bond acceptors (Lipinski definition) is 4. The molecule has 1 heterocycles. The van der Waals surface area contributed by atoms with Crippen LogP contribution in [0.3, 0.4) is 0 Å². The van der Waals surface area contributed by atoms with Crippen molar-refractivity contribution >= 4 is 5.69 Å². The second kappa shape index (κ2) is 6.07. The summed E-state index contributed by atoms with van der Waals surface area (Å²) in [5.41, 5.74) is 11.5. The van der Waals surface area contributed by atoms with E-state index in [1.54, 1.807) is 7.11 Å². The van der Waals surface area contributed by atoms with Crippen molar-refractivity contribution in [2.75, 3.05) is 25.9 Å². The molecule has 1 atom stereocenters. The van der Waals surface area contributed by atoms with E-state index in [-0.39, 0.29) is 6.04 Å². The minimum absolute atomic E-state index is 0.207. The Morgan fingerprint density at radius 2 is 2.00 bits per heavy atom. The van der Waals surface area contributed by atoms with E-state index in [9.17, 15) is 0 Å². The molecule has 1 aromatic carbocycles. The van der Waals surface area contributed by atoms with Crippen LogP contribution in [0.2, 0.25) is 0 Å². The average molecular weight is 249 g/mol. The number of hydrogen-bond donors (Lipinski definition) is 2. The molecule has 4 heteroatoms. The molecule has 0 aromatic heterocycles. The predicted octanol–water partition coefficient (Wildman–Crippen LogP) is 2.33. The third-order valence-corrected chi connectivity index (χ3v) is 3.52. The molecule has 0 saturated carbocycles. The number of nitrogens with one attached hydrogen (secondary N) is 1. The smallest absolute Gasteiger partial charge is 0.142 e. The van der Waals surface area contributed by atoms with Crippen LogP contribution in [0.1, 0.15) is 37.8 Å². The van der Waals surface area contributed by atoms with Gasteiger partial charge in [-0.25, -0.2) is 10.4 Å². The summed E-state index contributed by atoms with van der Waals surface area (Å²) in [4.78, 5) is 0. The van der Waals surface area contributed by atoms with E-state index < -0.39 is 0 Å². The van der Waals surface area contributed by atoms with Crippen molar-refractivity contribution in [3.05, 3.63) is 23.8 Å². The molecule has 0 aliphatic carbocycles. The monoisotopic (exact) mass is 249 g/mol. The van der Waals surface area contributed by atoms with E-state index in [1.165, 1.54) is 19.3 Å². The Kier molecular flexibility index (Phi) is 4.44. The van der Waals surface area contributed by atoms with Crippen LogP contribution in [0.15, 0.2) is 18.2 Å². The Labute approximate surface area is 109 Å². The fourth-order valence-corrected chi connectivity index (χ4v) is 2.48. The van der Waals surface area contributed by atoms with Crippen molar-refractivity contribution in [2.45, 2.75) is 32.2 Å². The molecule has 4 nitrogen and oxygen atoms in total. The van der Waals surface area contributed by atoms with Crippen molar-refractivity contribution in [1.82, 2.24) is 10.4 Å². The number of para-hydroxylation sites is 1. The number of ether oxygens (including phenoxy) is 1. The Morgan fingerprint density at radius 1 is 1.28 bits per heavy atom. The zero-order chi connectivity index (χ0) is 13.0. The normalized spacial score (nSPS) is 18.6. The predicted molar refractivity (Wildman–Crippen MR) is 74.4 cm³/mol. The van der Waals surface area contributed by atoms with Gasteiger partial charge in [0, 0.05) is 19.1 Å². The zero-order valence-corrected chi connectivity index (χ0v) is 11.3. The summed E-state index contributed by atoms with van der Waals surface area (Å²) in [5.74, 6) is 0.750. The van der Waals surface area contributed by atoms with Gasteiger partial charge in [0.15, 0.2) is 0 Å². The Bertz CT molecular complexity index is 389. The Morgan fingerprint density at radius 3 is 2.67 bits per heavy atom. The van der Waals surface area contributed by atoms with E-state index in [0.717, 1.165) is 30.1 Å². The van der Waals surface area contributed by atoms with Gasteiger partial charge in [-0.15, -0.1) is 0 Å². The van der Waals surface area contributed by atoms with E-state index in [4.69, 9.17) is 10.5 Å². The number of nitrogen functional groups attached to an aromatic ring is 1. The van der Waals surface area contributed by atoms with Crippen molar-refractivity contribution < 1.29 is 4.74 Å². The highest BCUT2D eigenvalue weighted by Crippen LogP contribution is 2.29. The van der Waals surface area contributed by atoms with E-state index in [1.807, 2.05) is 12.1 Å². The van der Waals surface area contributed by atoms with Crippen LogP contribution in [-0.4, -0.2) is 25.2 Å². The van der Waals surface area contributed by atoms with Gasteiger partial charge in [-0.05, 0) is 31.4 Å². The van der Waals surface area contributed by atoms with Gasteiger partial charge in [-0.2, -0.15) is 0 Å². The van der Waals surface area contributed by atoms with E-state index in [0.29, 0.717) is 0 Å². The van der Waals surface area contributed by atoms with Crippen LogP contribution in [0, 0.1) is 0 Å². The fourth-order valence-electron chi connectivity index (χ4n) is 2.48. The number of nitrogens with two attached hydrogens (primary N) is 1. The first kappa shape index (κ1) is 13.2. The van der Waals surface area contributed by atoms with Gasteiger partial charge >= 0.3 is 0 Å². The highest BCUT2D eigenvalue weighted by molar-refractivity contribution is 5.59. The zero-order valence-electron chi connectivity index (χ0n) is 11.3. The minimum atomic E-state index is 0.207. The lowest BCUT2D eigenvalue weighted by Gasteiger charge is -2.31. The summed E-state index contributed by atoms with van der Waals surface area (Å²) in [7, 11) is 1.65. The van der Waals surface area contributed by atoms with Crippen molar-refractivity contribution in [3.63, 3.8) is 0 Å². The second-order valence-corrected chi connectivity index (χ2v) is 4.86. The quantitative estimate of drug-likeness (QED) is 0.804. The number of benzene rings is 1. The Hall–Kier alpha value is -1.26. The molecule has 18 heavy (non-hydrogen) atoms. The van der Waals surface area contributed by atoms with Crippen LogP contribution in [0.4, 0.5) is 5.69 Å². The molecule has 0 spiro atoms. The molecule has 1 aliphatic rings. The molecule has 1 fully saturated rings. The molecule has 0 bridgehead atoms. The number of piperidine rings is 1. The maximum Gasteiger partial charge on any atom is 0.142 e. The molecule has 3 N–H and O–H groups in total. The molecular formula is C14H23N3O. The van der Waals surface area contributed by atoms with Gasteiger partial charge in [0.2, 0.25) is 0 Å². The van der Waals surface area contributed by atoms with Gasteiger partial charge < -0.3 is 10.5 Å². The van der Waals surface area contributed by atoms with Gasteiger partial charge in [0.1, 0.15) is 5.75 Å². The Balaban J connectivity index is 2.05.